The van der Waals surface area contributed by atoms with E-state index in [1.165, 1.54) is 0 Å². The van der Waals surface area contributed by atoms with E-state index < -0.39 is 15.2 Å². The van der Waals surface area contributed by atoms with Gasteiger partial charge in [0.2, 0.25) is 0 Å². The standard InChI is InChI=1S/C13H30O6P2/c1-7-16-20(14,17-8-2)11-21(15,18-9-12(3)4)19-10-13(5)6/h12-13H,7-11H2,1-6H3. The third-order valence-corrected chi connectivity index (χ3v) is 7.37. The molecule has 0 aromatic rings. The Kier molecular flexibility index (Phi) is 10.3. The third-order valence-electron chi connectivity index (χ3n) is 2.21. The molecule has 0 aliphatic heterocycles. The third kappa shape index (κ3) is 9.83. The van der Waals surface area contributed by atoms with Gasteiger partial charge < -0.3 is 18.1 Å². The molecule has 0 unspecified atom stereocenters. The van der Waals surface area contributed by atoms with E-state index in [9.17, 15) is 9.13 Å². The van der Waals surface area contributed by atoms with Crippen molar-refractivity contribution in [1.82, 2.24) is 0 Å². The summed E-state index contributed by atoms with van der Waals surface area (Å²) >= 11 is 0. The van der Waals surface area contributed by atoms with E-state index in [4.69, 9.17) is 18.1 Å². The highest BCUT2D eigenvalue weighted by Gasteiger charge is 2.38. The Morgan fingerprint density at radius 2 is 1.05 bits per heavy atom. The number of hydrogen-bond acceptors (Lipinski definition) is 6. The maximum atomic E-state index is 12.8. The van der Waals surface area contributed by atoms with Crippen LogP contribution in [0.25, 0.3) is 0 Å². The summed E-state index contributed by atoms with van der Waals surface area (Å²) in [6, 6.07) is 0. The molecule has 128 valence electrons. The topological polar surface area (TPSA) is 71.1 Å². The van der Waals surface area contributed by atoms with Crippen molar-refractivity contribution in [2.75, 3.05) is 32.3 Å². The molecule has 6 nitrogen and oxygen atoms in total. The summed E-state index contributed by atoms with van der Waals surface area (Å²) < 4.78 is 46.6. The van der Waals surface area contributed by atoms with Gasteiger partial charge in [-0.3, -0.25) is 9.13 Å². The highest BCUT2D eigenvalue weighted by Crippen LogP contribution is 2.64. The fraction of sp³-hybridized carbons (Fsp3) is 1.00. The van der Waals surface area contributed by atoms with Gasteiger partial charge in [-0.05, 0) is 25.7 Å². The minimum atomic E-state index is -3.52. The average molecular weight is 344 g/mol. The molecule has 0 amide bonds. The van der Waals surface area contributed by atoms with Crippen molar-refractivity contribution in [2.24, 2.45) is 11.8 Å². The van der Waals surface area contributed by atoms with Gasteiger partial charge in [0.15, 0.2) is 5.90 Å². The summed E-state index contributed by atoms with van der Waals surface area (Å²) in [4.78, 5) is 0. The Hall–Kier alpha value is 0.300. The fourth-order valence-corrected chi connectivity index (χ4v) is 6.36. The van der Waals surface area contributed by atoms with Gasteiger partial charge in [-0.1, -0.05) is 27.7 Å². The molecule has 0 rings (SSSR count). The molecule has 0 aromatic carbocycles. The van der Waals surface area contributed by atoms with E-state index in [-0.39, 0.29) is 44.2 Å². The molecule has 0 bridgehead atoms. The second-order valence-corrected chi connectivity index (χ2v) is 10.2. The number of rotatable bonds is 12. The first-order valence-corrected chi connectivity index (χ1v) is 10.9. The first kappa shape index (κ1) is 21.3. The van der Waals surface area contributed by atoms with Crippen molar-refractivity contribution in [1.29, 1.82) is 0 Å². The molecule has 0 spiro atoms. The van der Waals surface area contributed by atoms with Crippen LogP contribution in [0.3, 0.4) is 0 Å². The maximum Gasteiger partial charge on any atom is 0.342 e. The molecule has 0 aliphatic carbocycles. The van der Waals surface area contributed by atoms with Gasteiger partial charge in [-0.25, -0.2) is 0 Å². The Morgan fingerprint density at radius 3 is 1.33 bits per heavy atom. The van der Waals surface area contributed by atoms with Crippen molar-refractivity contribution in [3.05, 3.63) is 0 Å². The first-order valence-electron chi connectivity index (χ1n) is 7.42. The summed E-state index contributed by atoms with van der Waals surface area (Å²) in [7, 11) is -7.00. The summed E-state index contributed by atoms with van der Waals surface area (Å²) in [5.74, 6) is 0.0419. The SMILES string of the molecule is CCOP(=O)(CP(=O)(OCC(C)C)OCC(C)C)OCC. The molecular formula is C13H30O6P2. The normalized spacial score (nSPS) is 13.3. The van der Waals surface area contributed by atoms with E-state index in [0.29, 0.717) is 0 Å². The van der Waals surface area contributed by atoms with Gasteiger partial charge in [0, 0.05) is 0 Å². The number of hydrogen-bond donors (Lipinski definition) is 0. The fourth-order valence-electron chi connectivity index (χ4n) is 1.37. The monoisotopic (exact) mass is 344 g/mol. The predicted octanol–water partition coefficient (Wildman–Crippen LogP) is 4.75. The van der Waals surface area contributed by atoms with E-state index in [0.717, 1.165) is 0 Å². The van der Waals surface area contributed by atoms with E-state index >= 15 is 0 Å². The molecule has 0 aromatic heterocycles. The van der Waals surface area contributed by atoms with Gasteiger partial charge in [-0.2, -0.15) is 0 Å². The highest BCUT2D eigenvalue weighted by molar-refractivity contribution is 7.71. The average Bonchev–Trinajstić information content (AvgIpc) is 2.34. The van der Waals surface area contributed by atoms with Crippen LogP contribution in [0.4, 0.5) is 0 Å². The molecule has 0 fully saturated rings. The van der Waals surface area contributed by atoms with Crippen LogP contribution in [0, 0.1) is 11.8 Å². The quantitative estimate of drug-likeness (QED) is 0.476. The lowest BCUT2D eigenvalue weighted by Crippen LogP contribution is -2.10. The Balaban J connectivity index is 4.99. The summed E-state index contributed by atoms with van der Waals surface area (Å²) in [5.41, 5.74) is 0. The van der Waals surface area contributed by atoms with Gasteiger partial charge in [-0.15, -0.1) is 0 Å². The van der Waals surface area contributed by atoms with Crippen molar-refractivity contribution in [2.45, 2.75) is 41.5 Å². The molecule has 0 saturated carbocycles. The minimum Gasteiger partial charge on any atom is -0.308 e. The van der Waals surface area contributed by atoms with Crippen LogP contribution < -0.4 is 0 Å². The van der Waals surface area contributed by atoms with Crippen LogP contribution in [0.2, 0.25) is 0 Å². The summed E-state index contributed by atoms with van der Waals surface area (Å²) in [5, 5.41) is 0. The van der Waals surface area contributed by atoms with Crippen LogP contribution >= 0.6 is 15.2 Å². The van der Waals surface area contributed by atoms with Crippen molar-refractivity contribution < 1.29 is 27.2 Å². The Morgan fingerprint density at radius 1 is 0.714 bits per heavy atom. The zero-order valence-electron chi connectivity index (χ0n) is 14.0. The molecule has 0 atom stereocenters. The van der Waals surface area contributed by atoms with Crippen molar-refractivity contribution in [3.63, 3.8) is 0 Å². The van der Waals surface area contributed by atoms with E-state index in [1.54, 1.807) is 13.8 Å². The van der Waals surface area contributed by atoms with Crippen LogP contribution in [0.15, 0.2) is 0 Å². The Labute approximate surface area is 128 Å². The first-order chi connectivity index (χ1) is 9.66. The second kappa shape index (κ2) is 10.1. The molecule has 8 heteroatoms. The van der Waals surface area contributed by atoms with E-state index in [2.05, 4.69) is 0 Å². The zero-order valence-corrected chi connectivity index (χ0v) is 15.8. The molecule has 0 heterocycles. The molecule has 21 heavy (non-hydrogen) atoms. The smallest absolute Gasteiger partial charge is 0.308 e. The largest absolute Gasteiger partial charge is 0.342 e. The van der Waals surface area contributed by atoms with Crippen LogP contribution in [-0.4, -0.2) is 32.3 Å². The van der Waals surface area contributed by atoms with Crippen LogP contribution in [0.5, 0.6) is 0 Å². The summed E-state index contributed by atoms with van der Waals surface area (Å²) in [6.45, 7) is 12.2. The predicted molar refractivity (Wildman–Crippen MR) is 84.9 cm³/mol. The lowest BCUT2D eigenvalue weighted by molar-refractivity contribution is 0.171. The summed E-state index contributed by atoms with van der Waals surface area (Å²) in [6.07, 6.45) is 0. The highest BCUT2D eigenvalue weighted by atomic mass is 31.2. The van der Waals surface area contributed by atoms with Crippen molar-refractivity contribution in [3.8, 4) is 0 Å². The van der Waals surface area contributed by atoms with E-state index in [1.807, 2.05) is 27.7 Å². The molecular weight excluding hydrogens is 314 g/mol. The molecule has 0 aliphatic rings. The van der Waals surface area contributed by atoms with Crippen LogP contribution in [-0.2, 0) is 27.2 Å². The van der Waals surface area contributed by atoms with Gasteiger partial charge in [0.05, 0.1) is 26.4 Å². The van der Waals surface area contributed by atoms with Gasteiger partial charge in [0.25, 0.3) is 0 Å². The molecule has 0 radical (unpaired) electrons. The molecule has 0 N–H and O–H groups in total. The van der Waals surface area contributed by atoms with Gasteiger partial charge in [0.1, 0.15) is 0 Å². The minimum absolute atomic E-state index is 0.194. The Bertz CT molecular complexity index is 344. The zero-order chi connectivity index (χ0) is 16.5. The molecule has 0 saturated heterocycles. The lowest BCUT2D eigenvalue weighted by atomic mass is 10.2. The lowest BCUT2D eigenvalue weighted by Gasteiger charge is -2.24. The van der Waals surface area contributed by atoms with Crippen LogP contribution in [0.1, 0.15) is 41.5 Å². The maximum absolute atomic E-state index is 12.8. The van der Waals surface area contributed by atoms with Gasteiger partial charge >= 0.3 is 15.2 Å². The second-order valence-electron chi connectivity index (χ2n) is 5.58. The van der Waals surface area contributed by atoms with Crippen molar-refractivity contribution >= 4 is 15.2 Å².